The van der Waals surface area contributed by atoms with E-state index >= 15 is 0 Å². The zero-order valence-electron chi connectivity index (χ0n) is 19.2. The van der Waals surface area contributed by atoms with E-state index in [9.17, 15) is 14.4 Å². The van der Waals surface area contributed by atoms with Gasteiger partial charge in [-0.15, -0.1) is 10.2 Å². The number of nitrogens with two attached hydrogens (primary N) is 1. The molecule has 0 spiro atoms. The van der Waals surface area contributed by atoms with Gasteiger partial charge in [0.05, 0.1) is 17.6 Å². The van der Waals surface area contributed by atoms with E-state index in [0.717, 1.165) is 11.8 Å². The molecule has 0 fully saturated rings. The van der Waals surface area contributed by atoms with Crippen LogP contribution in [-0.2, 0) is 11.3 Å². The molecule has 3 aromatic rings. The van der Waals surface area contributed by atoms with Gasteiger partial charge in [-0.05, 0) is 24.8 Å². The molecule has 0 radical (unpaired) electrons. The number of anilines is 2. The van der Waals surface area contributed by atoms with Crippen LogP contribution in [0.1, 0.15) is 33.5 Å². The summed E-state index contributed by atoms with van der Waals surface area (Å²) in [5.74, 6) is 0.603. The summed E-state index contributed by atoms with van der Waals surface area (Å²) in [5, 5.41) is 8.16. The van der Waals surface area contributed by atoms with Gasteiger partial charge in [0.25, 0.3) is 16.7 Å². The van der Waals surface area contributed by atoms with Gasteiger partial charge in [-0.25, -0.2) is 4.79 Å². The summed E-state index contributed by atoms with van der Waals surface area (Å²) in [5.41, 5.74) is 5.56. The Kier molecular flexibility index (Phi) is 7.46. The number of H-pyrrole nitrogens is 1. The van der Waals surface area contributed by atoms with Crippen molar-refractivity contribution in [2.75, 3.05) is 22.9 Å². The first kappa shape index (κ1) is 24.4. The number of nitrogen functional groups attached to an aromatic ring is 1. The fourth-order valence-corrected chi connectivity index (χ4v) is 3.89. The van der Waals surface area contributed by atoms with Crippen molar-refractivity contribution in [1.82, 2.24) is 19.7 Å². The van der Waals surface area contributed by atoms with Crippen LogP contribution in [0.5, 0.6) is 0 Å². The Labute approximate surface area is 194 Å². The number of amides is 1. The highest BCUT2D eigenvalue weighted by molar-refractivity contribution is 7.99. The minimum Gasteiger partial charge on any atom is -0.469 e. The van der Waals surface area contributed by atoms with E-state index in [1.807, 2.05) is 27.7 Å². The van der Waals surface area contributed by atoms with Crippen LogP contribution in [0.15, 0.2) is 36.0 Å². The Morgan fingerprint density at radius 3 is 2.58 bits per heavy atom. The lowest BCUT2D eigenvalue weighted by Crippen LogP contribution is -2.43. The third-order valence-corrected chi connectivity index (χ3v) is 5.50. The number of carbonyl (C=O) groups excluding carboxylic acids is 1. The van der Waals surface area contributed by atoms with Crippen LogP contribution in [0.25, 0.3) is 11.5 Å². The SMILES string of the molecule is Cc1occc1-c1nnc(SCC(=O)N(CC(C)C)c2c(N)n(CC(C)C)c(=O)[nH]c2=O)o1. The molecule has 0 unspecified atom stereocenters. The van der Waals surface area contributed by atoms with E-state index in [-0.39, 0.29) is 52.7 Å². The van der Waals surface area contributed by atoms with Gasteiger partial charge in [-0.3, -0.25) is 19.1 Å². The summed E-state index contributed by atoms with van der Waals surface area (Å²) >= 11 is 1.05. The van der Waals surface area contributed by atoms with Crippen LogP contribution in [0, 0.1) is 18.8 Å². The average molecular weight is 477 g/mol. The predicted molar refractivity (Wildman–Crippen MR) is 125 cm³/mol. The number of aromatic amines is 1. The zero-order chi connectivity index (χ0) is 24.3. The zero-order valence-corrected chi connectivity index (χ0v) is 20.1. The van der Waals surface area contributed by atoms with Crippen LogP contribution in [0.4, 0.5) is 11.5 Å². The minimum atomic E-state index is -0.702. The maximum absolute atomic E-state index is 13.2. The fourth-order valence-electron chi connectivity index (χ4n) is 3.25. The maximum Gasteiger partial charge on any atom is 0.330 e. The lowest BCUT2D eigenvalue weighted by molar-refractivity contribution is -0.116. The third-order valence-electron chi connectivity index (χ3n) is 4.70. The summed E-state index contributed by atoms with van der Waals surface area (Å²) < 4.78 is 12.2. The van der Waals surface area contributed by atoms with Crippen LogP contribution < -0.4 is 21.9 Å². The van der Waals surface area contributed by atoms with Crippen LogP contribution in [-0.4, -0.2) is 38.0 Å². The van der Waals surface area contributed by atoms with Crippen molar-refractivity contribution >= 4 is 29.2 Å². The molecule has 3 aromatic heterocycles. The quantitative estimate of drug-likeness (QED) is 0.443. The molecule has 0 aliphatic rings. The number of nitrogens with one attached hydrogen (secondary N) is 1. The smallest absolute Gasteiger partial charge is 0.330 e. The number of carbonyl (C=O) groups is 1. The van der Waals surface area contributed by atoms with Gasteiger partial charge >= 0.3 is 5.69 Å². The Hall–Kier alpha value is -3.28. The molecule has 0 aromatic carbocycles. The topological polar surface area (TPSA) is 153 Å². The molecule has 33 heavy (non-hydrogen) atoms. The molecule has 3 N–H and O–H groups in total. The van der Waals surface area contributed by atoms with E-state index in [1.54, 1.807) is 13.0 Å². The second-order valence-electron chi connectivity index (χ2n) is 8.45. The van der Waals surface area contributed by atoms with Crippen molar-refractivity contribution in [2.24, 2.45) is 11.8 Å². The lowest BCUT2D eigenvalue weighted by atomic mass is 10.2. The summed E-state index contributed by atoms with van der Waals surface area (Å²) in [6.07, 6.45) is 1.52. The molecule has 0 aliphatic heterocycles. The number of thioether (sulfide) groups is 1. The Morgan fingerprint density at radius 1 is 1.24 bits per heavy atom. The molecule has 11 nitrogen and oxygen atoms in total. The molecule has 3 rings (SSSR count). The molecule has 1 amide bonds. The van der Waals surface area contributed by atoms with Gasteiger partial charge in [-0.1, -0.05) is 39.5 Å². The van der Waals surface area contributed by atoms with E-state index in [1.165, 1.54) is 15.7 Å². The summed E-state index contributed by atoms with van der Waals surface area (Å²) in [6.45, 7) is 10.0. The molecule has 0 saturated heterocycles. The van der Waals surface area contributed by atoms with E-state index in [0.29, 0.717) is 17.9 Å². The van der Waals surface area contributed by atoms with Crippen LogP contribution in [0.3, 0.4) is 0 Å². The van der Waals surface area contributed by atoms with Crippen molar-refractivity contribution in [3.05, 3.63) is 38.9 Å². The number of furan rings is 1. The van der Waals surface area contributed by atoms with E-state index < -0.39 is 11.2 Å². The minimum absolute atomic E-state index is 0.0326. The molecule has 0 atom stereocenters. The largest absolute Gasteiger partial charge is 0.469 e. The van der Waals surface area contributed by atoms with Gasteiger partial charge < -0.3 is 19.5 Å². The normalized spacial score (nSPS) is 11.5. The van der Waals surface area contributed by atoms with Gasteiger partial charge in [0.15, 0.2) is 5.69 Å². The molecular formula is C21H28N6O5S. The monoisotopic (exact) mass is 476 g/mol. The van der Waals surface area contributed by atoms with Crippen molar-refractivity contribution in [2.45, 2.75) is 46.4 Å². The molecule has 0 aliphatic carbocycles. The first-order chi connectivity index (χ1) is 15.6. The number of rotatable bonds is 9. The first-order valence-corrected chi connectivity index (χ1v) is 11.5. The average Bonchev–Trinajstić information content (AvgIpc) is 3.36. The third kappa shape index (κ3) is 5.56. The summed E-state index contributed by atoms with van der Waals surface area (Å²) in [6, 6.07) is 1.72. The van der Waals surface area contributed by atoms with Crippen LogP contribution in [0.2, 0.25) is 0 Å². The predicted octanol–water partition coefficient (Wildman–Crippen LogP) is 2.51. The number of aromatic nitrogens is 4. The highest BCUT2D eigenvalue weighted by Crippen LogP contribution is 2.27. The molecular weight excluding hydrogens is 448 g/mol. The number of hydrogen-bond acceptors (Lipinski definition) is 9. The molecule has 12 heteroatoms. The second kappa shape index (κ2) is 10.1. The highest BCUT2D eigenvalue weighted by Gasteiger charge is 2.26. The molecule has 3 heterocycles. The van der Waals surface area contributed by atoms with Crippen molar-refractivity contribution in [3.8, 4) is 11.5 Å². The Bertz CT molecular complexity index is 1240. The van der Waals surface area contributed by atoms with Gasteiger partial charge in [0.2, 0.25) is 5.91 Å². The first-order valence-electron chi connectivity index (χ1n) is 10.5. The van der Waals surface area contributed by atoms with Crippen molar-refractivity contribution < 1.29 is 13.6 Å². The number of hydrogen-bond donors (Lipinski definition) is 2. The van der Waals surface area contributed by atoms with Gasteiger partial charge in [-0.2, -0.15) is 0 Å². The van der Waals surface area contributed by atoms with Gasteiger partial charge in [0.1, 0.15) is 11.6 Å². The summed E-state index contributed by atoms with van der Waals surface area (Å²) in [4.78, 5) is 41.7. The van der Waals surface area contributed by atoms with Gasteiger partial charge in [0, 0.05) is 13.1 Å². The number of aryl methyl sites for hydroxylation is 1. The Morgan fingerprint density at radius 2 is 1.97 bits per heavy atom. The maximum atomic E-state index is 13.2. The lowest BCUT2D eigenvalue weighted by Gasteiger charge is -2.26. The summed E-state index contributed by atoms with van der Waals surface area (Å²) in [7, 11) is 0. The van der Waals surface area contributed by atoms with Crippen LogP contribution >= 0.6 is 11.8 Å². The number of nitrogens with zero attached hydrogens (tertiary/aromatic N) is 4. The van der Waals surface area contributed by atoms with Crippen molar-refractivity contribution in [3.63, 3.8) is 0 Å². The van der Waals surface area contributed by atoms with E-state index in [4.69, 9.17) is 14.6 Å². The standard InChI is InChI=1S/C21H28N6O5S/c1-11(2)8-26(16-17(22)27(9-12(3)4)20(30)23-18(16)29)15(28)10-33-21-25-24-19(32-21)14-6-7-31-13(14)5/h6-7,11-12H,8-10,22H2,1-5H3,(H,23,29,30). The molecule has 0 bridgehead atoms. The second-order valence-corrected chi connectivity index (χ2v) is 9.37. The molecule has 0 saturated carbocycles. The van der Waals surface area contributed by atoms with E-state index in [2.05, 4.69) is 15.2 Å². The highest BCUT2D eigenvalue weighted by atomic mass is 32.2. The Balaban J connectivity index is 1.86. The molecule has 178 valence electrons. The van der Waals surface area contributed by atoms with Crippen molar-refractivity contribution in [1.29, 1.82) is 0 Å². The fraction of sp³-hybridized carbons (Fsp3) is 0.476.